The first-order chi connectivity index (χ1) is 6.33. The van der Waals surface area contributed by atoms with Gasteiger partial charge in [-0.2, -0.15) is 0 Å². The molecule has 2 aliphatic rings. The summed E-state index contributed by atoms with van der Waals surface area (Å²) < 4.78 is 0. The summed E-state index contributed by atoms with van der Waals surface area (Å²) in [7, 11) is 0. The molecule has 2 heteroatoms. The molecule has 0 aliphatic heterocycles. The average Bonchev–Trinajstić information content (AvgIpc) is 2.74. The Labute approximate surface area is 78.7 Å². The minimum atomic E-state index is 0.0868. The van der Waals surface area contributed by atoms with E-state index in [-0.39, 0.29) is 17.3 Å². The van der Waals surface area contributed by atoms with E-state index in [1.807, 2.05) is 0 Å². The molecule has 0 aromatic heterocycles. The SMILES string of the molecule is O=CC1CCCC12CCCC2C=O. The molecule has 2 atom stereocenters. The minimum Gasteiger partial charge on any atom is -0.303 e. The lowest BCUT2D eigenvalue weighted by atomic mass is 9.71. The van der Waals surface area contributed by atoms with Gasteiger partial charge >= 0.3 is 0 Å². The summed E-state index contributed by atoms with van der Waals surface area (Å²) in [5.41, 5.74) is 0.0868. The van der Waals surface area contributed by atoms with E-state index in [0.717, 1.165) is 51.1 Å². The van der Waals surface area contributed by atoms with Crippen molar-refractivity contribution in [3.63, 3.8) is 0 Å². The second-order valence-electron chi connectivity index (χ2n) is 4.50. The molecule has 2 saturated carbocycles. The van der Waals surface area contributed by atoms with Crippen molar-refractivity contribution in [1.29, 1.82) is 0 Å². The zero-order chi connectivity index (χ0) is 9.31. The van der Waals surface area contributed by atoms with Crippen LogP contribution < -0.4 is 0 Å². The van der Waals surface area contributed by atoms with Crippen LogP contribution in [-0.2, 0) is 9.59 Å². The summed E-state index contributed by atoms with van der Waals surface area (Å²) in [6.07, 6.45) is 8.66. The van der Waals surface area contributed by atoms with Crippen LogP contribution in [-0.4, -0.2) is 12.6 Å². The normalized spacial score (nSPS) is 44.0. The first kappa shape index (κ1) is 8.92. The molecule has 0 bridgehead atoms. The molecule has 72 valence electrons. The molecule has 1 spiro atoms. The maximum atomic E-state index is 10.9. The van der Waals surface area contributed by atoms with Gasteiger partial charge in [-0.05, 0) is 31.1 Å². The molecule has 0 heterocycles. The van der Waals surface area contributed by atoms with E-state index >= 15 is 0 Å². The quantitative estimate of drug-likeness (QED) is 0.609. The zero-order valence-corrected chi connectivity index (χ0v) is 7.87. The summed E-state index contributed by atoms with van der Waals surface area (Å²) in [6, 6.07) is 0. The second-order valence-corrected chi connectivity index (χ2v) is 4.50. The van der Waals surface area contributed by atoms with Gasteiger partial charge in [-0.25, -0.2) is 0 Å². The lowest BCUT2D eigenvalue weighted by molar-refractivity contribution is -0.119. The van der Waals surface area contributed by atoms with Gasteiger partial charge in [-0.3, -0.25) is 0 Å². The molecule has 2 unspecified atom stereocenters. The molecule has 0 radical (unpaired) electrons. The van der Waals surface area contributed by atoms with Crippen LogP contribution in [0.2, 0.25) is 0 Å². The van der Waals surface area contributed by atoms with E-state index in [9.17, 15) is 9.59 Å². The van der Waals surface area contributed by atoms with Crippen molar-refractivity contribution in [2.24, 2.45) is 17.3 Å². The van der Waals surface area contributed by atoms with Crippen LogP contribution in [0.25, 0.3) is 0 Å². The predicted octanol–water partition coefficient (Wildman–Crippen LogP) is 1.97. The first-order valence-electron chi connectivity index (χ1n) is 5.24. The number of aldehydes is 2. The third kappa shape index (κ3) is 1.15. The highest BCUT2D eigenvalue weighted by Gasteiger charge is 2.50. The van der Waals surface area contributed by atoms with Gasteiger partial charge < -0.3 is 9.59 Å². The molecule has 0 amide bonds. The summed E-state index contributed by atoms with van der Waals surface area (Å²) in [4.78, 5) is 21.8. The molecular weight excluding hydrogens is 164 g/mol. The highest BCUT2D eigenvalue weighted by atomic mass is 16.1. The van der Waals surface area contributed by atoms with Crippen molar-refractivity contribution in [3.05, 3.63) is 0 Å². The van der Waals surface area contributed by atoms with E-state index < -0.39 is 0 Å². The van der Waals surface area contributed by atoms with Crippen LogP contribution in [0.1, 0.15) is 38.5 Å². The molecule has 2 nitrogen and oxygen atoms in total. The maximum absolute atomic E-state index is 10.9. The highest BCUT2D eigenvalue weighted by molar-refractivity contribution is 5.62. The van der Waals surface area contributed by atoms with Gasteiger partial charge in [0.15, 0.2) is 0 Å². The van der Waals surface area contributed by atoms with Crippen molar-refractivity contribution in [2.75, 3.05) is 0 Å². The number of rotatable bonds is 2. The van der Waals surface area contributed by atoms with E-state index in [1.165, 1.54) is 0 Å². The standard InChI is InChI=1S/C11H16O2/c12-7-9-3-1-5-11(9)6-2-4-10(11)8-13/h7-10H,1-6H2. The number of hydrogen-bond acceptors (Lipinski definition) is 2. The summed E-state index contributed by atoms with van der Waals surface area (Å²) in [5.74, 6) is 0.343. The fourth-order valence-corrected chi connectivity index (χ4v) is 3.43. The van der Waals surface area contributed by atoms with Crippen LogP contribution in [0.4, 0.5) is 0 Å². The monoisotopic (exact) mass is 180 g/mol. The molecule has 2 rings (SSSR count). The van der Waals surface area contributed by atoms with Crippen LogP contribution >= 0.6 is 0 Å². The lowest BCUT2D eigenvalue weighted by Crippen LogP contribution is -2.31. The Morgan fingerprint density at radius 2 is 1.38 bits per heavy atom. The summed E-state index contributed by atoms with van der Waals surface area (Å²) in [5, 5.41) is 0. The van der Waals surface area contributed by atoms with Crippen LogP contribution in [0.15, 0.2) is 0 Å². The van der Waals surface area contributed by atoms with Gasteiger partial charge in [-0.15, -0.1) is 0 Å². The van der Waals surface area contributed by atoms with Crippen molar-refractivity contribution in [1.82, 2.24) is 0 Å². The molecule has 2 aliphatic carbocycles. The minimum absolute atomic E-state index is 0.0868. The van der Waals surface area contributed by atoms with E-state index in [4.69, 9.17) is 0 Å². The van der Waals surface area contributed by atoms with E-state index in [1.54, 1.807) is 0 Å². The number of carbonyl (C=O) groups is 2. The number of hydrogen-bond donors (Lipinski definition) is 0. The van der Waals surface area contributed by atoms with Gasteiger partial charge in [-0.1, -0.05) is 12.8 Å². The molecule has 0 N–H and O–H groups in total. The van der Waals surface area contributed by atoms with Crippen LogP contribution in [0.3, 0.4) is 0 Å². The van der Waals surface area contributed by atoms with Crippen molar-refractivity contribution in [2.45, 2.75) is 38.5 Å². The third-order valence-corrected chi connectivity index (χ3v) is 4.12. The predicted molar refractivity (Wildman–Crippen MR) is 49.2 cm³/mol. The van der Waals surface area contributed by atoms with Gasteiger partial charge in [0.25, 0.3) is 0 Å². The fourth-order valence-electron chi connectivity index (χ4n) is 3.43. The Balaban J connectivity index is 2.25. The Kier molecular flexibility index (Phi) is 2.22. The van der Waals surface area contributed by atoms with Crippen molar-refractivity contribution >= 4 is 12.6 Å². The largest absolute Gasteiger partial charge is 0.303 e. The van der Waals surface area contributed by atoms with Gasteiger partial charge in [0.2, 0.25) is 0 Å². The van der Waals surface area contributed by atoms with Crippen molar-refractivity contribution < 1.29 is 9.59 Å². The smallest absolute Gasteiger partial charge is 0.123 e. The van der Waals surface area contributed by atoms with Crippen LogP contribution in [0, 0.1) is 17.3 Å². The Morgan fingerprint density at radius 1 is 0.923 bits per heavy atom. The summed E-state index contributed by atoms with van der Waals surface area (Å²) >= 11 is 0. The lowest BCUT2D eigenvalue weighted by Gasteiger charge is -2.31. The molecule has 0 saturated heterocycles. The van der Waals surface area contributed by atoms with Gasteiger partial charge in [0.1, 0.15) is 12.6 Å². The number of carbonyl (C=O) groups excluding carboxylic acids is 2. The zero-order valence-electron chi connectivity index (χ0n) is 7.87. The van der Waals surface area contributed by atoms with E-state index in [0.29, 0.717) is 0 Å². The summed E-state index contributed by atoms with van der Waals surface area (Å²) in [6.45, 7) is 0. The first-order valence-corrected chi connectivity index (χ1v) is 5.24. The second kappa shape index (κ2) is 3.24. The third-order valence-electron chi connectivity index (χ3n) is 4.12. The van der Waals surface area contributed by atoms with Gasteiger partial charge in [0.05, 0.1) is 0 Å². The highest BCUT2D eigenvalue weighted by Crippen LogP contribution is 2.56. The Hall–Kier alpha value is -0.660. The molecule has 0 aromatic carbocycles. The Bertz CT molecular complexity index is 198. The molecule has 2 fully saturated rings. The maximum Gasteiger partial charge on any atom is 0.123 e. The van der Waals surface area contributed by atoms with Crippen molar-refractivity contribution in [3.8, 4) is 0 Å². The molecule has 13 heavy (non-hydrogen) atoms. The molecule has 0 aromatic rings. The van der Waals surface area contributed by atoms with E-state index in [2.05, 4.69) is 0 Å². The topological polar surface area (TPSA) is 34.1 Å². The fraction of sp³-hybridized carbons (Fsp3) is 0.818. The van der Waals surface area contributed by atoms with Gasteiger partial charge in [0, 0.05) is 11.8 Å². The molecular formula is C11H16O2. The average molecular weight is 180 g/mol. The Morgan fingerprint density at radius 3 is 1.77 bits per heavy atom. The van der Waals surface area contributed by atoms with Crippen LogP contribution in [0.5, 0.6) is 0 Å².